The van der Waals surface area contributed by atoms with E-state index in [4.69, 9.17) is 0 Å². The fourth-order valence-electron chi connectivity index (χ4n) is 4.47. The molecule has 0 aromatic carbocycles. The summed E-state index contributed by atoms with van der Waals surface area (Å²) in [5.41, 5.74) is 0. The van der Waals surface area contributed by atoms with E-state index in [1.807, 2.05) is 0 Å². The minimum atomic E-state index is 0.734. The Bertz CT molecular complexity index is 277. The molecular weight excluding hydrogens is 244 g/mol. The van der Waals surface area contributed by atoms with Gasteiger partial charge >= 0.3 is 0 Å². The maximum absolute atomic E-state index is 3.67. The summed E-state index contributed by atoms with van der Waals surface area (Å²) in [6.07, 6.45) is 8.75. The van der Waals surface area contributed by atoms with Crippen molar-refractivity contribution in [3.8, 4) is 0 Å². The summed E-state index contributed by atoms with van der Waals surface area (Å²) in [6.45, 7) is 10.6. The van der Waals surface area contributed by atoms with Gasteiger partial charge in [-0.25, -0.2) is 0 Å². The first-order chi connectivity index (χ1) is 9.60. The number of likely N-dealkylation sites (N-methyl/N-ethyl adjacent to an activating group) is 1. The van der Waals surface area contributed by atoms with Crippen molar-refractivity contribution in [1.29, 1.82) is 0 Å². The van der Waals surface area contributed by atoms with Crippen molar-refractivity contribution in [2.45, 2.75) is 65.3 Å². The van der Waals surface area contributed by atoms with E-state index >= 15 is 0 Å². The largest absolute Gasteiger partial charge is 0.315 e. The van der Waals surface area contributed by atoms with Crippen molar-refractivity contribution in [3.05, 3.63) is 0 Å². The van der Waals surface area contributed by atoms with Gasteiger partial charge < -0.3 is 10.2 Å². The van der Waals surface area contributed by atoms with Gasteiger partial charge in [0, 0.05) is 19.1 Å². The molecule has 2 aliphatic carbocycles. The predicted octanol–water partition coefficient (Wildman–Crippen LogP) is 3.77. The van der Waals surface area contributed by atoms with Crippen LogP contribution in [0.1, 0.15) is 59.3 Å². The van der Waals surface area contributed by atoms with E-state index in [-0.39, 0.29) is 0 Å². The van der Waals surface area contributed by atoms with Crippen LogP contribution >= 0.6 is 0 Å². The van der Waals surface area contributed by atoms with E-state index in [0.29, 0.717) is 0 Å². The third-order valence-corrected chi connectivity index (χ3v) is 5.58. The Morgan fingerprint density at radius 2 is 1.95 bits per heavy atom. The molecule has 0 spiro atoms. The second-order valence-electron chi connectivity index (χ2n) is 7.87. The topological polar surface area (TPSA) is 15.3 Å². The summed E-state index contributed by atoms with van der Waals surface area (Å²) in [5.74, 6) is 3.91. The van der Waals surface area contributed by atoms with Gasteiger partial charge in [-0.15, -0.1) is 0 Å². The van der Waals surface area contributed by atoms with E-state index < -0.39 is 0 Å². The van der Waals surface area contributed by atoms with Crippen LogP contribution in [0, 0.1) is 23.7 Å². The zero-order valence-electron chi connectivity index (χ0n) is 14.2. The van der Waals surface area contributed by atoms with E-state index in [1.54, 1.807) is 6.42 Å². The van der Waals surface area contributed by atoms with Gasteiger partial charge in [0.05, 0.1) is 0 Å². The Kier molecular flexibility index (Phi) is 6.35. The molecule has 0 heterocycles. The Hall–Kier alpha value is -0.0800. The van der Waals surface area contributed by atoms with Gasteiger partial charge in [0.25, 0.3) is 0 Å². The molecule has 0 aromatic rings. The molecular formula is C18H36N2. The molecule has 1 N–H and O–H groups in total. The molecule has 2 bridgehead atoms. The van der Waals surface area contributed by atoms with Crippen molar-refractivity contribution < 1.29 is 0 Å². The van der Waals surface area contributed by atoms with E-state index in [9.17, 15) is 0 Å². The molecule has 2 heteroatoms. The smallest absolute Gasteiger partial charge is 0.0217 e. The molecule has 0 aromatic heterocycles. The lowest BCUT2D eigenvalue weighted by molar-refractivity contribution is 0.162. The van der Waals surface area contributed by atoms with Crippen molar-refractivity contribution in [1.82, 2.24) is 10.2 Å². The summed E-state index contributed by atoms with van der Waals surface area (Å²) in [5, 5.41) is 3.67. The maximum Gasteiger partial charge on any atom is 0.0217 e. The van der Waals surface area contributed by atoms with Crippen LogP contribution in [-0.4, -0.2) is 37.6 Å². The molecule has 0 amide bonds. The number of hydrogen-bond acceptors (Lipinski definition) is 2. The maximum atomic E-state index is 3.67. The van der Waals surface area contributed by atoms with Crippen molar-refractivity contribution in [2.75, 3.05) is 26.7 Å². The van der Waals surface area contributed by atoms with Gasteiger partial charge in [-0.2, -0.15) is 0 Å². The number of nitrogens with one attached hydrogen (secondary N) is 1. The number of hydrogen-bond donors (Lipinski definition) is 1. The van der Waals surface area contributed by atoms with Crippen LogP contribution in [0.5, 0.6) is 0 Å². The zero-order valence-corrected chi connectivity index (χ0v) is 14.2. The molecule has 4 unspecified atom stereocenters. The highest BCUT2D eigenvalue weighted by molar-refractivity contribution is 4.91. The van der Waals surface area contributed by atoms with Crippen LogP contribution in [0.3, 0.4) is 0 Å². The summed E-state index contributed by atoms with van der Waals surface area (Å²) in [7, 11) is 2.36. The van der Waals surface area contributed by atoms with Crippen molar-refractivity contribution in [3.63, 3.8) is 0 Å². The predicted molar refractivity (Wildman–Crippen MR) is 88.0 cm³/mol. The normalized spacial score (nSPS) is 30.6. The van der Waals surface area contributed by atoms with Crippen LogP contribution in [0.4, 0.5) is 0 Å². The Morgan fingerprint density at radius 3 is 2.50 bits per heavy atom. The van der Waals surface area contributed by atoms with Gasteiger partial charge in [-0.05, 0) is 62.9 Å². The first-order valence-electron chi connectivity index (χ1n) is 9.01. The molecule has 0 saturated heterocycles. The summed E-state index contributed by atoms with van der Waals surface area (Å²) < 4.78 is 0. The van der Waals surface area contributed by atoms with E-state index in [1.165, 1.54) is 45.2 Å². The molecule has 2 rings (SSSR count). The molecule has 0 radical (unpaired) electrons. The Balaban J connectivity index is 1.75. The highest BCUT2D eigenvalue weighted by Gasteiger charge is 2.39. The SMILES string of the molecule is CCCC(CNCC(C)C)N(C)CC1CC2CCC1C2. The summed E-state index contributed by atoms with van der Waals surface area (Å²) in [4.78, 5) is 2.67. The number of rotatable bonds is 9. The average Bonchev–Trinajstić information content (AvgIpc) is 2.99. The monoisotopic (exact) mass is 280 g/mol. The van der Waals surface area contributed by atoms with Crippen LogP contribution in [0.25, 0.3) is 0 Å². The Morgan fingerprint density at radius 1 is 1.15 bits per heavy atom. The second-order valence-corrected chi connectivity index (χ2v) is 7.87. The van der Waals surface area contributed by atoms with Crippen LogP contribution in [0.15, 0.2) is 0 Å². The number of nitrogens with zero attached hydrogens (tertiary/aromatic N) is 1. The fraction of sp³-hybridized carbons (Fsp3) is 1.00. The average molecular weight is 280 g/mol. The standard InChI is InChI=1S/C18H36N2/c1-5-6-18(12-19-11-14(2)3)20(4)13-17-10-15-7-8-16(17)9-15/h14-19H,5-13H2,1-4H3. The van der Waals surface area contributed by atoms with Crippen molar-refractivity contribution >= 4 is 0 Å². The lowest BCUT2D eigenvalue weighted by Gasteiger charge is -2.33. The molecule has 4 atom stereocenters. The fourth-order valence-corrected chi connectivity index (χ4v) is 4.47. The molecule has 20 heavy (non-hydrogen) atoms. The van der Waals surface area contributed by atoms with Gasteiger partial charge in [0.1, 0.15) is 0 Å². The molecule has 0 aliphatic heterocycles. The molecule has 118 valence electrons. The minimum Gasteiger partial charge on any atom is -0.315 e. The lowest BCUT2D eigenvalue weighted by atomic mass is 9.88. The molecule has 2 saturated carbocycles. The van der Waals surface area contributed by atoms with Gasteiger partial charge in [-0.1, -0.05) is 33.6 Å². The van der Waals surface area contributed by atoms with E-state index in [0.717, 1.165) is 36.3 Å². The second kappa shape index (κ2) is 7.79. The number of fused-ring (bicyclic) bond motifs is 2. The Labute approximate surface area is 126 Å². The van der Waals surface area contributed by atoms with Crippen LogP contribution in [0.2, 0.25) is 0 Å². The summed E-state index contributed by atoms with van der Waals surface area (Å²) >= 11 is 0. The first-order valence-corrected chi connectivity index (χ1v) is 9.01. The van der Waals surface area contributed by atoms with Crippen molar-refractivity contribution in [2.24, 2.45) is 23.7 Å². The van der Waals surface area contributed by atoms with E-state index in [2.05, 4.69) is 38.0 Å². The van der Waals surface area contributed by atoms with Crippen LogP contribution < -0.4 is 5.32 Å². The third kappa shape index (κ3) is 4.46. The minimum absolute atomic E-state index is 0.734. The highest BCUT2D eigenvalue weighted by Crippen LogP contribution is 2.48. The van der Waals surface area contributed by atoms with Gasteiger partial charge in [0.2, 0.25) is 0 Å². The molecule has 2 fully saturated rings. The molecule has 2 aliphatic rings. The van der Waals surface area contributed by atoms with Gasteiger partial charge in [0.15, 0.2) is 0 Å². The lowest BCUT2D eigenvalue weighted by Crippen LogP contribution is -2.43. The first kappa shape index (κ1) is 16.3. The quantitative estimate of drug-likeness (QED) is 0.691. The zero-order chi connectivity index (χ0) is 14.5. The highest BCUT2D eigenvalue weighted by atomic mass is 15.1. The molecule has 2 nitrogen and oxygen atoms in total. The third-order valence-electron chi connectivity index (χ3n) is 5.58. The summed E-state index contributed by atoms with van der Waals surface area (Å²) in [6, 6.07) is 0.734. The van der Waals surface area contributed by atoms with Crippen LogP contribution in [-0.2, 0) is 0 Å². The van der Waals surface area contributed by atoms with Gasteiger partial charge in [-0.3, -0.25) is 0 Å².